The fraction of sp³-hybridized carbons (Fsp3) is 0.600. The zero-order valence-electron chi connectivity index (χ0n) is 12.3. The molecular formula is C15H26N2O. The van der Waals surface area contributed by atoms with Crippen LogP contribution in [0.2, 0.25) is 0 Å². The summed E-state index contributed by atoms with van der Waals surface area (Å²) in [4.78, 5) is 0. The maximum absolute atomic E-state index is 5.62. The highest BCUT2D eigenvalue weighted by molar-refractivity contribution is 5.48. The van der Waals surface area contributed by atoms with Crippen LogP contribution in [0.25, 0.3) is 0 Å². The Balaban J connectivity index is 2.80. The Morgan fingerprint density at radius 3 is 2.50 bits per heavy atom. The van der Waals surface area contributed by atoms with E-state index in [9.17, 15) is 0 Å². The second kappa shape index (κ2) is 6.76. The molecule has 3 nitrogen and oxygen atoms in total. The molecule has 0 aromatic heterocycles. The van der Waals surface area contributed by atoms with Crippen molar-refractivity contribution in [3.05, 3.63) is 28.3 Å². The Bertz CT molecular complexity index is 402. The van der Waals surface area contributed by atoms with Gasteiger partial charge < -0.3 is 15.8 Å². The monoisotopic (exact) mass is 250 g/mol. The molecule has 0 fully saturated rings. The molecular weight excluding hydrogens is 224 g/mol. The van der Waals surface area contributed by atoms with Crippen LogP contribution in [0.15, 0.2) is 6.07 Å². The Morgan fingerprint density at radius 2 is 1.94 bits per heavy atom. The molecule has 0 bridgehead atoms. The molecule has 1 atom stereocenters. The first-order valence-corrected chi connectivity index (χ1v) is 6.55. The normalized spacial score (nSPS) is 12.6. The molecule has 0 saturated carbocycles. The molecule has 1 aromatic carbocycles. The van der Waals surface area contributed by atoms with E-state index in [1.807, 2.05) is 0 Å². The van der Waals surface area contributed by atoms with Crippen molar-refractivity contribution < 1.29 is 4.74 Å². The second-order valence-electron chi connectivity index (χ2n) is 5.10. The molecule has 0 radical (unpaired) electrons. The molecule has 0 amide bonds. The minimum atomic E-state index is 0.518. The third kappa shape index (κ3) is 3.47. The van der Waals surface area contributed by atoms with Crippen molar-refractivity contribution in [2.45, 2.75) is 34.2 Å². The summed E-state index contributed by atoms with van der Waals surface area (Å²) in [5.41, 5.74) is 10.8. The van der Waals surface area contributed by atoms with Crippen LogP contribution in [0, 0.1) is 26.7 Å². The topological polar surface area (TPSA) is 47.3 Å². The standard InChI is InChI=1S/C15H26N2O/c1-10(7-16)8-17-9-14-11(2)6-15(18-5)13(4)12(14)3/h6,10,17H,7-9,16H2,1-5H3. The summed E-state index contributed by atoms with van der Waals surface area (Å²) in [6.07, 6.45) is 0. The van der Waals surface area contributed by atoms with Gasteiger partial charge in [0.25, 0.3) is 0 Å². The molecule has 0 saturated heterocycles. The van der Waals surface area contributed by atoms with E-state index in [0.29, 0.717) is 5.92 Å². The average Bonchev–Trinajstić information content (AvgIpc) is 2.37. The van der Waals surface area contributed by atoms with Gasteiger partial charge in [0.2, 0.25) is 0 Å². The zero-order chi connectivity index (χ0) is 13.7. The van der Waals surface area contributed by atoms with E-state index in [4.69, 9.17) is 10.5 Å². The van der Waals surface area contributed by atoms with E-state index in [2.05, 4.69) is 39.1 Å². The Morgan fingerprint density at radius 1 is 1.28 bits per heavy atom. The van der Waals surface area contributed by atoms with Crippen LogP contribution < -0.4 is 15.8 Å². The summed E-state index contributed by atoms with van der Waals surface area (Å²) >= 11 is 0. The largest absolute Gasteiger partial charge is 0.496 e. The van der Waals surface area contributed by atoms with Gasteiger partial charge in [0.1, 0.15) is 5.75 Å². The smallest absolute Gasteiger partial charge is 0.122 e. The van der Waals surface area contributed by atoms with Crippen LogP contribution in [0.1, 0.15) is 29.2 Å². The lowest BCUT2D eigenvalue weighted by atomic mass is 9.97. The summed E-state index contributed by atoms with van der Waals surface area (Å²) in [5, 5.41) is 3.48. The van der Waals surface area contributed by atoms with Gasteiger partial charge in [0, 0.05) is 6.54 Å². The molecule has 0 spiro atoms. The Labute approximate surface area is 111 Å². The van der Waals surface area contributed by atoms with Gasteiger partial charge in [-0.15, -0.1) is 0 Å². The lowest BCUT2D eigenvalue weighted by Gasteiger charge is -2.17. The predicted molar refractivity (Wildman–Crippen MR) is 77.1 cm³/mol. The third-order valence-electron chi connectivity index (χ3n) is 3.63. The van der Waals surface area contributed by atoms with Gasteiger partial charge in [-0.25, -0.2) is 0 Å². The fourth-order valence-corrected chi connectivity index (χ4v) is 2.11. The van der Waals surface area contributed by atoms with Crippen molar-refractivity contribution >= 4 is 0 Å². The lowest BCUT2D eigenvalue weighted by molar-refractivity contribution is 0.410. The molecule has 0 aliphatic carbocycles. The number of nitrogens with one attached hydrogen (secondary N) is 1. The van der Waals surface area contributed by atoms with Gasteiger partial charge in [0.15, 0.2) is 0 Å². The highest BCUT2D eigenvalue weighted by atomic mass is 16.5. The molecule has 3 heteroatoms. The van der Waals surface area contributed by atoms with Gasteiger partial charge in [-0.3, -0.25) is 0 Å². The zero-order valence-corrected chi connectivity index (χ0v) is 12.3. The molecule has 102 valence electrons. The van der Waals surface area contributed by atoms with Crippen molar-refractivity contribution in [1.29, 1.82) is 0 Å². The first-order chi connectivity index (χ1) is 8.51. The number of ether oxygens (including phenoxy) is 1. The molecule has 0 aliphatic heterocycles. The van der Waals surface area contributed by atoms with Crippen LogP contribution in [-0.2, 0) is 6.54 Å². The van der Waals surface area contributed by atoms with Crippen molar-refractivity contribution in [2.24, 2.45) is 11.7 Å². The maximum Gasteiger partial charge on any atom is 0.122 e. The van der Waals surface area contributed by atoms with E-state index in [-0.39, 0.29) is 0 Å². The molecule has 18 heavy (non-hydrogen) atoms. The van der Waals surface area contributed by atoms with Crippen LogP contribution in [0.4, 0.5) is 0 Å². The first-order valence-electron chi connectivity index (χ1n) is 6.55. The average molecular weight is 250 g/mol. The van der Waals surface area contributed by atoms with Crippen LogP contribution in [0.5, 0.6) is 5.75 Å². The minimum absolute atomic E-state index is 0.518. The quantitative estimate of drug-likeness (QED) is 0.814. The number of aryl methyl sites for hydroxylation is 1. The van der Waals surface area contributed by atoms with Crippen LogP contribution >= 0.6 is 0 Å². The van der Waals surface area contributed by atoms with Gasteiger partial charge >= 0.3 is 0 Å². The van der Waals surface area contributed by atoms with Gasteiger partial charge in [0.05, 0.1) is 7.11 Å². The van der Waals surface area contributed by atoms with Gasteiger partial charge in [-0.1, -0.05) is 6.92 Å². The van der Waals surface area contributed by atoms with Crippen molar-refractivity contribution in [2.75, 3.05) is 20.2 Å². The molecule has 1 unspecified atom stereocenters. The summed E-state index contributed by atoms with van der Waals surface area (Å²) in [7, 11) is 1.72. The number of nitrogens with two attached hydrogens (primary N) is 1. The number of rotatable bonds is 6. The first kappa shape index (κ1) is 15.0. The summed E-state index contributed by atoms with van der Waals surface area (Å²) in [6, 6.07) is 2.12. The number of methoxy groups -OCH3 is 1. The number of hydrogen-bond acceptors (Lipinski definition) is 3. The highest BCUT2D eigenvalue weighted by Gasteiger charge is 2.10. The number of hydrogen-bond donors (Lipinski definition) is 2. The Kier molecular flexibility index (Phi) is 5.63. The Hall–Kier alpha value is -1.06. The summed E-state index contributed by atoms with van der Waals surface area (Å²) < 4.78 is 5.38. The summed E-state index contributed by atoms with van der Waals surface area (Å²) in [5.74, 6) is 1.49. The van der Waals surface area contributed by atoms with Gasteiger partial charge in [-0.05, 0) is 68.1 Å². The predicted octanol–water partition coefficient (Wildman–Crippen LogP) is 2.30. The van der Waals surface area contributed by atoms with E-state index in [1.165, 1.54) is 22.3 Å². The molecule has 1 rings (SSSR count). The van der Waals surface area contributed by atoms with E-state index in [0.717, 1.165) is 25.4 Å². The molecule has 0 aliphatic rings. The molecule has 3 N–H and O–H groups in total. The maximum atomic E-state index is 5.62. The second-order valence-corrected chi connectivity index (χ2v) is 5.10. The SMILES string of the molecule is COc1cc(C)c(CNCC(C)CN)c(C)c1C. The van der Waals surface area contributed by atoms with E-state index < -0.39 is 0 Å². The summed E-state index contributed by atoms with van der Waals surface area (Å²) in [6.45, 7) is 11.2. The highest BCUT2D eigenvalue weighted by Crippen LogP contribution is 2.27. The third-order valence-corrected chi connectivity index (χ3v) is 3.63. The minimum Gasteiger partial charge on any atom is -0.496 e. The molecule has 0 heterocycles. The van der Waals surface area contributed by atoms with E-state index in [1.54, 1.807) is 7.11 Å². The van der Waals surface area contributed by atoms with Crippen molar-refractivity contribution in [3.63, 3.8) is 0 Å². The fourth-order valence-electron chi connectivity index (χ4n) is 2.11. The lowest BCUT2D eigenvalue weighted by Crippen LogP contribution is -2.26. The van der Waals surface area contributed by atoms with Gasteiger partial charge in [-0.2, -0.15) is 0 Å². The van der Waals surface area contributed by atoms with Crippen LogP contribution in [0.3, 0.4) is 0 Å². The number of benzene rings is 1. The van der Waals surface area contributed by atoms with Crippen molar-refractivity contribution in [1.82, 2.24) is 5.32 Å². The van der Waals surface area contributed by atoms with Crippen molar-refractivity contribution in [3.8, 4) is 5.75 Å². The van der Waals surface area contributed by atoms with Crippen LogP contribution in [-0.4, -0.2) is 20.2 Å². The van der Waals surface area contributed by atoms with E-state index >= 15 is 0 Å². The molecule has 1 aromatic rings.